The van der Waals surface area contributed by atoms with E-state index in [2.05, 4.69) is 13.8 Å². The Hall–Kier alpha value is -1.42. The van der Waals surface area contributed by atoms with Crippen LogP contribution in [0.2, 0.25) is 0 Å². The number of hydrogen-bond donors (Lipinski definition) is 1. The molecule has 0 saturated heterocycles. The van der Waals surface area contributed by atoms with Crippen LogP contribution in [0.5, 0.6) is 5.75 Å². The Balaban J connectivity index is 1.33. The van der Waals surface area contributed by atoms with E-state index < -0.39 is 11.9 Å². The molecule has 1 aromatic rings. The van der Waals surface area contributed by atoms with Crippen molar-refractivity contribution < 1.29 is 19.0 Å². The van der Waals surface area contributed by atoms with Gasteiger partial charge in [-0.25, -0.2) is 4.39 Å². The summed E-state index contributed by atoms with van der Waals surface area (Å²) in [6.07, 6.45) is 13.0. The van der Waals surface area contributed by atoms with Gasteiger partial charge in [0.1, 0.15) is 0 Å². The first kappa shape index (κ1) is 23.7. The molecule has 0 bridgehead atoms. The number of carbonyl (C=O) groups excluding carboxylic acids is 1. The lowest BCUT2D eigenvalue weighted by molar-refractivity contribution is -0.143. The highest BCUT2D eigenvalue weighted by molar-refractivity contribution is 5.78. The predicted octanol–water partition coefficient (Wildman–Crippen LogP) is 7.01. The van der Waals surface area contributed by atoms with Crippen molar-refractivity contribution in [3.8, 4) is 5.75 Å². The molecule has 32 heavy (non-hydrogen) atoms. The first-order valence-electron chi connectivity index (χ1n) is 13.1. The largest absolute Gasteiger partial charge is 0.423 e. The number of benzene rings is 1. The number of aliphatic hydroxyl groups excluding tert-OH is 1. The second-order valence-corrected chi connectivity index (χ2v) is 11.0. The lowest BCUT2D eigenvalue weighted by Gasteiger charge is -2.41. The number of rotatable bonds is 6. The van der Waals surface area contributed by atoms with Crippen molar-refractivity contribution in [2.24, 2.45) is 35.5 Å². The Labute approximate surface area is 193 Å². The van der Waals surface area contributed by atoms with Crippen molar-refractivity contribution >= 4 is 5.97 Å². The molecule has 4 heteroatoms. The third kappa shape index (κ3) is 4.90. The minimum Gasteiger partial charge on any atom is -0.423 e. The number of aliphatic hydroxyl groups is 1. The van der Waals surface area contributed by atoms with Crippen LogP contribution in [0.15, 0.2) is 12.1 Å². The Morgan fingerprint density at radius 1 is 1.03 bits per heavy atom. The van der Waals surface area contributed by atoms with Gasteiger partial charge in [-0.1, -0.05) is 51.7 Å². The van der Waals surface area contributed by atoms with Crippen LogP contribution in [0.4, 0.5) is 4.39 Å². The van der Waals surface area contributed by atoms with Crippen molar-refractivity contribution in [2.45, 2.75) is 97.5 Å². The second-order valence-electron chi connectivity index (χ2n) is 11.0. The molecule has 0 amide bonds. The van der Waals surface area contributed by atoms with E-state index in [4.69, 9.17) is 4.74 Å². The molecular weight excluding hydrogens is 403 g/mol. The van der Waals surface area contributed by atoms with Crippen molar-refractivity contribution in [1.29, 1.82) is 0 Å². The maximum absolute atomic E-state index is 14.7. The van der Waals surface area contributed by atoms with E-state index in [1.807, 2.05) is 6.07 Å². The van der Waals surface area contributed by atoms with Gasteiger partial charge in [0, 0.05) is 5.56 Å². The van der Waals surface area contributed by atoms with Gasteiger partial charge in [0.05, 0.1) is 12.0 Å². The third-order valence-corrected chi connectivity index (χ3v) is 9.05. The molecule has 3 unspecified atom stereocenters. The molecule has 0 spiro atoms. The summed E-state index contributed by atoms with van der Waals surface area (Å²) in [5, 5.41) is 9.75. The van der Waals surface area contributed by atoms with E-state index in [0.29, 0.717) is 12.3 Å². The van der Waals surface area contributed by atoms with E-state index in [1.54, 1.807) is 6.07 Å². The number of fused-ring (bicyclic) bond motifs is 1. The van der Waals surface area contributed by atoms with Crippen molar-refractivity contribution in [3.63, 3.8) is 0 Å². The summed E-state index contributed by atoms with van der Waals surface area (Å²) < 4.78 is 20.2. The zero-order valence-electron chi connectivity index (χ0n) is 20.1. The molecule has 4 rings (SSSR count). The summed E-state index contributed by atoms with van der Waals surface area (Å²) in [6, 6.07) is 3.44. The number of hydrogen-bond acceptors (Lipinski definition) is 3. The maximum Gasteiger partial charge on any atom is 0.315 e. The van der Waals surface area contributed by atoms with Crippen LogP contribution in [-0.4, -0.2) is 11.1 Å². The minimum atomic E-state index is -0.924. The van der Waals surface area contributed by atoms with Crippen LogP contribution in [-0.2, 0) is 11.2 Å². The molecule has 3 nitrogen and oxygen atoms in total. The first-order valence-corrected chi connectivity index (χ1v) is 13.1. The smallest absolute Gasteiger partial charge is 0.315 e. The molecule has 1 heterocycles. The minimum absolute atomic E-state index is 0.0271. The zero-order chi connectivity index (χ0) is 22.8. The highest BCUT2D eigenvalue weighted by Crippen LogP contribution is 2.46. The molecule has 0 aromatic heterocycles. The van der Waals surface area contributed by atoms with Crippen LogP contribution in [0.3, 0.4) is 0 Å². The molecule has 1 aromatic carbocycles. The van der Waals surface area contributed by atoms with Crippen LogP contribution in [0.1, 0.15) is 102 Å². The molecule has 3 atom stereocenters. The lowest BCUT2D eigenvalue weighted by Crippen LogP contribution is -2.37. The molecule has 3 aliphatic rings. The number of carbonyl (C=O) groups is 1. The molecule has 2 saturated carbocycles. The summed E-state index contributed by atoms with van der Waals surface area (Å²) in [7, 11) is 0. The average molecular weight is 445 g/mol. The van der Waals surface area contributed by atoms with Gasteiger partial charge in [0.25, 0.3) is 0 Å². The number of esters is 1. The van der Waals surface area contributed by atoms with Gasteiger partial charge in [-0.3, -0.25) is 4.79 Å². The lowest BCUT2D eigenvalue weighted by atomic mass is 9.65. The Kier molecular flexibility index (Phi) is 7.59. The standard InChI is InChI=1S/C28H41FO3/c1-4-5-19-6-8-21(9-7-19)22-12-10-20(11-13-22)17(2)25-16-23-14-15-24(18(3)30)26(29)27(23)32-28(25)31/h14-15,17-22,25,30H,4-13,16H2,1-3H3. The van der Waals surface area contributed by atoms with Crippen molar-refractivity contribution in [3.05, 3.63) is 29.1 Å². The highest BCUT2D eigenvalue weighted by Gasteiger charge is 2.40. The molecule has 2 aliphatic carbocycles. The van der Waals surface area contributed by atoms with Gasteiger partial charge < -0.3 is 9.84 Å². The highest BCUT2D eigenvalue weighted by atomic mass is 19.1. The van der Waals surface area contributed by atoms with Gasteiger partial charge in [-0.2, -0.15) is 0 Å². The monoisotopic (exact) mass is 444 g/mol. The fourth-order valence-corrected chi connectivity index (χ4v) is 6.93. The summed E-state index contributed by atoms with van der Waals surface area (Å²) in [4.78, 5) is 12.8. The molecule has 1 N–H and O–H groups in total. The zero-order valence-corrected chi connectivity index (χ0v) is 20.1. The summed E-state index contributed by atoms with van der Waals surface area (Å²) in [6.45, 7) is 6.02. The van der Waals surface area contributed by atoms with Gasteiger partial charge >= 0.3 is 5.97 Å². The van der Waals surface area contributed by atoms with E-state index in [-0.39, 0.29) is 29.1 Å². The Bertz CT molecular complexity index is 788. The summed E-state index contributed by atoms with van der Waals surface area (Å²) >= 11 is 0. The van der Waals surface area contributed by atoms with Crippen LogP contribution in [0.25, 0.3) is 0 Å². The van der Waals surface area contributed by atoms with Crippen molar-refractivity contribution in [2.75, 3.05) is 0 Å². The number of ether oxygens (including phenoxy) is 1. The Morgan fingerprint density at radius 2 is 1.66 bits per heavy atom. The molecule has 178 valence electrons. The molecule has 2 fully saturated rings. The molecular formula is C28H41FO3. The van der Waals surface area contributed by atoms with Gasteiger partial charge in [0.2, 0.25) is 0 Å². The fourth-order valence-electron chi connectivity index (χ4n) is 6.93. The van der Waals surface area contributed by atoms with Crippen LogP contribution >= 0.6 is 0 Å². The van der Waals surface area contributed by atoms with E-state index in [9.17, 15) is 14.3 Å². The Morgan fingerprint density at radius 3 is 2.25 bits per heavy atom. The summed E-state index contributed by atoms with van der Waals surface area (Å²) in [5.74, 6) is 2.47. The van der Waals surface area contributed by atoms with Gasteiger partial charge in [-0.15, -0.1) is 0 Å². The second kappa shape index (κ2) is 10.2. The van der Waals surface area contributed by atoms with Crippen LogP contribution < -0.4 is 4.74 Å². The third-order valence-electron chi connectivity index (χ3n) is 9.05. The van der Waals surface area contributed by atoms with Crippen molar-refractivity contribution in [1.82, 2.24) is 0 Å². The maximum atomic E-state index is 14.7. The fraction of sp³-hybridized carbons (Fsp3) is 0.750. The number of halogens is 1. The normalized spacial score (nSPS) is 32.7. The summed E-state index contributed by atoms with van der Waals surface area (Å²) in [5.41, 5.74) is 0.936. The quantitative estimate of drug-likeness (QED) is 0.379. The van der Waals surface area contributed by atoms with Crippen LogP contribution in [0, 0.1) is 41.3 Å². The van der Waals surface area contributed by atoms with E-state index in [0.717, 1.165) is 23.3 Å². The average Bonchev–Trinajstić information content (AvgIpc) is 2.79. The SMILES string of the molecule is CCCC1CCC(C2CCC(C(C)C3Cc4ccc(C(C)O)c(F)c4OC3=O)CC2)CC1. The van der Waals surface area contributed by atoms with Gasteiger partial charge in [0.15, 0.2) is 11.6 Å². The van der Waals surface area contributed by atoms with E-state index >= 15 is 0 Å². The van der Waals surface area contributed by atoms with Gasteiger partial charge in [-0.05, 0) is 87.0 Å². The molecule has 0 radical (unpaired) electrons. The van der Waals surface area contributed by atoms with E-state index in [1.165, 1.54) is 71.1 Å². The topological polar surface area (TPSA) is 46.5 Å². The first-order chi connectivity index (χ1) is 15.4. The molecule has 1 aliphatic heterocycles. The predicted molar refractivity (Wildman–Crippen MR) is 125 cm³/mol.